The Morgan fingerprint density at radius 1 is 1.12 bits per heavy atom. The molecule has 0 aliphatic carbocycles. The molecule has 0 unspecified atom stereocenters. The first-order valence-electron chi connectivity index (χ1n) is 7.48. The molecule has 24 heavy (non-hydrogen) atoms. The normalized spacial score (nSPS) is 12.0. The molecule has 0 saturated heterocycles. The van der Waals surface area contributed by atoms with Gasteiger partial charge in [-0.25, -0.2) is 9.59 Å². The Morgan fingerprint density at radius 3 is 2.29 bits per heavy atom. The van der Waals surface area contributed by atoms with Crippen LogP contribution in [0.4, 0.5) is 4.79 Å². The van der Waals surface area contributed by atoms with E-state index in [2.05, 4.69) is 10.1 Å². The molecule has 7 heteroatoms. The van der Waals surface area contributed by atoms with E-state index >= 15 is 0 Å². The Hall–Kier alpha value is -2.57. The minimum Gasteiger partial charge on any atom is -0.469 e. The van der Waals surface area contributed by atoms with E-state index in [1.54, 1.807) is 32.9 Å². The van der Waals surface area contributed by atoms with Crippen molar-refractivity contribution in [1.29, 1.82) is 0 Å². The molecule has 1 rings (SSSR count). The highest BCUT2D eigenvalue weighted by atomic mass is 16.6. The number of hydrogen-bond donors (Lipinski definition) is 1. The molecule has 1 atom stereocenters. The van der Waals surface area contributed by atoms with Crippen LogP contribution in [0.25, 0.3) is 0 Å². The first-order valence-corrected chi connectivity index (χ1v) is 7.48. The molecule has 0 bridgehead atoms. The number of rotatable bonds is 6. The fourth-order valence-electron chi connectivity index (χ4n) is 1.72. The summed E-state index contributed by atoms with van der Waals surface area (Å²) in [6, 6.07) is 7.88. The number of alkyl carbamates (subject to hydrolysis) is 1. The van der Waals surface area contributed by atoms with Crippen LogP contribution in [0.2, 0.25) is 0 Å². The molecular formula is C17H23NO6. The molecule has 0 saturated carbocycles. The van der Waals surface area contributed by atoms with Gasteiger partial charge in [-0.3, -0.25) is 4.79 Å². The lowest BCUT2D eigenvalue weighted by Crippen LogP contribution is -2.45. The third-order valence-corrected chi connectivity index (χ3v) is 2.80. The van der Waals surface area contributed by atoms with Crippen LogP contribution in [0.15, 0.2) is 30.3 Å². The van der Waals surface area contributed by atoms with E-state index < -0.39 is 29.7 Å². The lowest BCUT2D eigenvalue weighted by Gasteiger charge is -2.22. The van der Waals surface area contributed by atoms with Crippen LogP contribution in [0.5, 0.6) is 0 Å². The Labute approximate surface area is 141 Å². The van der Waals surface area contributed by atoms with Gasteiger partial charge in [-0.2, -0.15) is 0 Å². The standard InChI is InChI=1S/C17H23NO6/c1-17(2,3)24-16(21)18-13(10-14(19)22-4)15(20)23-11-12-8-6-5-7-9-12/h5-9,13H,10-11H2,1-4H3,(H,18,21)/t13-/m0/s1. The molecule has 0 aliphatic rings. The number of carbonyl (C=O) groups is 3. The molecule has 0 aromatic heterocycles. The van der Waals surface area contributed by atoms with Gasteiger partial charge in [-0.15, -0.1) is 0 Å². The van der Waals surface area contributed by atoms with Crippen molar-refractivity contribution < 1.29 is 28.6 Å². The second kappa shape index (κ2) is 8.90. The quantitative estimate of drug-likeness (QED) is 0.632. The number of carbonyl (C=O) groups excluding carboxylic acids is 3. The second-order valence-corrected chi connectivity index (χ2v) is 6.07. The highest BCUT2D eigenvalue weighted by Crippen LogP contribution is 2.09. The molecular weight excluding hydrogens is 314 g/mol. The third-order valence-electron chi connectivity index (χ3n) is 2.80. The highest BCUT2D eigenvalue weighted by molar-refractivity contribution is 5.86. The van der Waals surface area contributed by atoms with E-state index in [1.165, 1.54) is 7.11 Å². The van der Waals surface area contributed by atoms with Crippen molar-refractivity contribution in [3.05, 3.63) is 35.9 Å². The van der Waals surface area contributed by atoms with Crippen molar-refractivity contribution >= 4 is 18.0 Å². The summed E-state index contributed by atoms with van der Waals surface area (Å²) in [5.41, 5.74) is 0.0633. The zero-order chi connectivity index (χ0) is 18.2. The summed E-state index contributed by atoms with van der Waals surface area (Å²) in [4.78, 5) is 35.4. The first-order chi connectivity index (χ1) is 11.2. The summed E-state index contributed by atoms with van der Waals surface area (Å²) in [5, 5.41) is 2.34. The van der Waals surface area contributed by atoms with Gasteiger partial charge >= 0.3 is 18.0 Å². The van der Waals surface area contributed by atoms with Gasteiger partial charge in [-0.1, -0.05) is 30.3 Å². The van der Waals surface area contributed by atoms with Crippen molar-refractivity contribution in [1.82, 2.24) is 5.32 Å². The predicted octanol–water partition coefficient (Wildman–Crippen LogP) is 2.19. The fraction of sp³-hybridized carbons (Fsp3) is 0.471. The molecule has 1 N–H and O–H groups in total. The molecule has 0 radical (unpaired) electrons. The van der Waals surface area contributed by atoms with Crippen LogP contribution in [0.1, 0.15) is 32.8 Å². The van der Waals surface area contributed by atoms with Gasteiger partial charge in [0.25, 0.3) is 0 Å². The third kappa shape index (κ3) is 7.62. The number of esters is 2. The maximum Gasteiger partial charge on any atom is 0.408 e. The van der Waals surface area contributed by atoms with Crippen LogP contribution in [0.3, 0.4) is 0 Å². The molecule has 0 aliphatic heterocycles. The van der Waals surface area contributed by atoms with E-state index in [0.29, 0.717) is 0 Å². The van der Waals surface area contributed by atoms with Gasteiger partial charge in [-0.05, 0) is 26.3 Å². The Bertz CT molecular complexity index is 564. The summed E-state index contributed by atoms with van der Waals surface area (Å²) in [7, 11) is 1.20. The fourth-order valence-corrected chi connectivity index (χ4v) is 1.72. The zero-order valence-electron chi connectivity index (χ0n) is 14.3. The summed E-state index contributed by atoms with van der Waals surface area (Å²) in [5.74, 6) is -1.39. The minimum atomic E-state index is -1.18. The lowest BCUT2D eigenvalue weighted by atomic mass is 10.2. The number of nitrogens with one attached hydrogen (secondary N) is 1. The van der Waals surface area contributed by atoms with Gasteiger partial charge < -0.3 is 19.5 Å². The predicted molar refractivity (Wildman–Crippen MR) is 86.0 cm³/mol. The van der Waals surface area contributed by atoms with Gasteiger partial charge in [0.05, 0.1) is 13.5 Å². The maximum absolute atomic E-state index is 12.2. The number of amides is 1. The average Bonchev–Trinajstić information content (AvgIpc) is 2.51. The molecule has 0 heterocycles. The van der Waals surface area contributed by atoms with E-state index in [9.17, 15) is 14.4 Å². The summed E-state index contributed by atoms with van der Waals surface area (Å²) < 4.78 is 14.8. The first kappa shape index (κ1) is 19.5. The number of ether oxygens (including phenoxy) is 3. The van der Waals surface area contributed by atoms with Gasteiger partial charge in [0.15, 0.2) is 0 Å². The topological polar surface area (TPSA) is 90.9 Å². The zero-order valence-corrected chi connectivity index (χ0v) is 14.3. The largest absolute Gasteiger partial charge is 0.469 e. The van der Waals surface area contributed by atoms with Crippen molar-refractivity contribution in [3.8, 4) is 0 Å². The van der Waals surface area contributed by atoms with Crippen LogP contribution in [0, 0.1) is 0 Å². The van der Waals surface area contributed by atoms with Gasteiger partial charge in [0.1, 0.15) is 18.2 Å². The Balaban J connectivity index is 2.67. The van der Waals surface area contributed by atoms with E-state index in [-0.39, 0.29) is 13.0 Å². The SMILES string of the molecule is COC(=O)C[C@H](NC(=O)OC(C)(C)C)C(=O)OCc1ccccc1. The smallest absolute Gasteiger partial charge is 0.408 e. The van der Waals surface area contributed by atoms with Crippen LogP contribution < -0.4 is 5.32 Å². The molecule has 0 fully saturated rings. The molecule has 132 valence electrons. The van der Waals surface area contributed by atoms with E-state index in [4.69, 9.17) is 9.47 Å². The lowest BCUT2D eigenvalue weighted by molar-refractivity contribution is -0.152. The van der Waals surface area contributed by atoms with Crippen LogP contribution in [-0.2, 0) is 30.4 Å². The maximum atomic E-state index is 12.2. The van der Waals surface area contributed by atoms with Crippen molar-refractivity contribution in [2.75, 3.05) is 7.11 Å². The van der Waals surface area contributed by atoms with Crippen molar-refractivity contribution in [3.63, 3.8) is 0 Å². The van der Waals surface area contributed by atoms with Gasteiger partial charge in [0, 0.05) is 0 Å². The molecule has 7 nitrogen and oxygen atoms in total. The van der Waals surface area contributed by atoms with E-state index in [0.717, 1.165) is 5.56 Å². The second-order valence-electron chi connectivity index (χ2n) is 6.07. The minimum absolute atomic E-state index is 0.0351. The van der Waals surface area contributed by atoms with Crippen molar-refractivity contribution in [2.45, 2.75) is 45.4 Å². The summed E-state index contributed by atoms with van der Waals surface area (Å²) >= 11 is 0. The van der Waals surface area contributed by atoms with Crippen LogP contribution in [-0.4, -0.2) is 36.8 Å². The molecule has 1 aromatic carbocycles. The molecule has 1 amide bonds. The van der Waals surface area contributed by atoms with Crippen LogP contribution >= 0.6 is 0 Å². The summed E-state index contributed by atoms with van der Waals surface area (Å²) in [6.07, 6.45) is -1.16. The Kier molecular flexibility index (Phi) is 7.23. The van der Waals surface area contributed by atoms with Gasteiger partial charge in [0.2, 0.25) is 0 Å². The van der Waals surface area contributed by atoms with Crippen molar-refractivity contribution in [2.24, 2.45) is 0 Å². The number of hydrogen-bond acceptors (Lipinski definition) is 6. The number of benzene rings is 1. The number of methoxy groups -OCH3 is 1. The molecule has 1 aromatic rings. The summed E-state index contributed by atoms with van der Waals surface area (Å²) in [6.45, 7) is 5.11. The van der Waals surface area contributed by atoms with E-state index in [1.807, 2.05) is 18.2 Å². The highest BCUT2D eigenvalue weighted by Gasteiger charge is 2.28. The molecule has 0 spiro atoms. The average molecular weight is 337 g/mol. The monoisotopic (exact) mass is 337 g/mol. The Morgan fingerprint density at radius 2 is 1.75 bits per heavy atom.